The summed E-state index contributed by atoms with van der Waals surface area (Å²) in [4.78, 5) is 24.1. The highest BCUT2D eigenvalue weighted by Gasteiger charge is 2.28. The zero-order valence-corrected chi connectivity index (χ0v) is 24.4. The normalized spacial score (nSPS) is 16.2. The van der Waals surface area contributed by atoms with Crippen molar-refractivity contribution in [2.75, 3.05) is 39.6 Å². The quantitative estimate of drug-likeness (QED) is 0.239. The molecule has 2 N–H and O–H groups in total. The minimum atomic E-state index is 0.247. The molecule has 1 aliphatic rings. The number of nitrogens with two attached hydrogens (primary N) is 1. The summed E-state index contributed by atoms with van der Waals surface area (Å²) in [5.74, 6) is 1.93. The number of hydrogen-bond acceptors (Lipinski definition) is 6. The summed E-state index contributed by atoms with van der Waals surface area (Å²) < 4.78 is 13.1. The molecule has 1 fully saturated rings. The van der Waals surface area contributed by atoms with E-state index in [1.54, 1.807) is 20.4 Å². The largest absolute Gasteiger partial charge is 0.481 e. The summed E-state index contributed by atoms with van der Waals surface area (Å²) in [7, 11) is 3.38. The van der Waals surface area contributed by atoms with Crippen molar-refractivity contribution in [3.63, 3.8) is 0 Å². The maximum atomic E-state index is 13.5. The van der Waals surface area contributed by atoms with Crippen LogP contribution in [0.5, 0.6) is 5.88 Å². The number of aryl methyl sites for hydroxylation is 1. The predicted octanol–water partition coefficient (Wildman–Crippen LogP) is 5.70. The van der Waals surface area contributed by atoms with E-state index in [1.165, 1.54) is 11.3 Å². The lowest BCUT2D eigenvalue weighted by Crippen LogP contribution is -2.40. The first-order chi connectivity index (χ1) is 19.9. The Kier molecular flexibility index (Phi) is 9.19. The third-order valence-electron chi connectivity index (χ3n) is 8.11. The van der Waals surface area contributed by atoms with Crippen LogP contribution < -0.4 is 10.5 Å². The van der Waals surface area contributed by atoms with Crippen molar-refractivity contribution in [2.24, 2.45) is 5.92 Å². The van der Waals surface area contributed by atoms with Crippen LogP contribution in [-0.4, -0.2) is 59.3 Å². The minimum absolute atomic E-state index is 0.247. The molecule has 8 heteroatoms. The van der Waals surface area contributed by atoms with E-state index < -0.39 is 0 Å². The predicted molar refractivity (Wildman–Crippen MR) is 163 cm³/mol. The molecule has 0 radical (unpaired) electrons. The Balaban J connectivity index is 1.23. The molecule has 0 bridgehead atoms. The van der Waals surface area contributed by atoms with Crippen LogP contribution in [0.15, 0.2) is 60.9 Å². The van der Waals surface area contributed by atoms with Crippen molar-refractivity contribution in [3.05, 3.63) is 72.2 Å². The molecule has 5 rings (SSSR count). The molecule has 4 heterocycles. The SMILES string of the molecule is COCCCn1c(C2CCCN(C(=O)CC(C)Cc3ccc(-c4ccc(N)nc4)cc3)C2)cc2cnc(OC)cc21. The lowest BCUT2D eigenvalue weighted by atomic mass is 9.92. The number of carbonyl (C=O) groups excluding carboxylic acids is 1. The van der Waals surface area contributed by atoms with E-state index in [0.29, 0.717) is 30.6 Å². The van der Waals surface area contributed by atoms with E-state index in [9.17, 15) is 4.79 Å². The van der Waals surface area contributed by atoms with Crippen molar-refractivity contribution < 1.29 is 14.3 Å². The van der Waals surface area contributed by atoms with Gasteiger partial charge in [-0.3, -0.25) is 4.79 Å². The molecule has 0 aliphatic carbocycles. The van der Waals surface area contributed by atoms with Crippen LogP contribution in [-0.2, 0) is 22.5 Å². The molecular weight excluding hydrogens is 514 g/mol. The number of ether oxygens (including phenoxy) is 2. The van der Waals surface area contributed by atoms with Gasteiger partial charge in [0.2, 0.25) is 11.8 Å². The average molecular weight is 556 g/mol. The number of likely N-dealkylation sites (tertiary alicyclic amines) is 1. The zero-order chi connectivity index (χ0) is 28.8. The number of piperidine rings is 1. The summed E-state index contributed by atoms with van der Waals surface area (Å²) in [5, 5.41) is 1.11. The van der Waals surface area contributed by atoms with E-state index >= 15 is 0 Å². The smallest absolute Gasteiger partial charge is 0.222 e. The highest BCUT2D eigenvalue weighted by molar-refractivity contribution is 5.82. The Labute approximate surface area is 242 Å². The van der Waals surface area contributed by atoms with Crippen LogP contribution in [0.1, 0.15) is 49.8 Å². The summed E-state index contributed by atoms with van der Waals surface area (Å²) in [6.07, 6.45) is 8.10. The fourth-order valence-electron chi connectivity index (χ4n) is 5.98. The summed E-state index contributed by atoms with van der Waals surface area (Å²) in [6.45, 7) is 5.31. The van der Waals surface area contributed by atoms with E-state index in [1.807, 2.05) is 24.4 Å². The van der Waals surface area contributed by atoms with Crippen LogP contribution in [0, 0.1) is 5.92 Å². The van der Waals surface area contributed by atoms with E-state index in [0.717, 1.165) is 67.3 Å². The Morgan fingerprint density at radius 1 is 1.07 bits per heavy atom. The van der Waals surface area contributed by atoms with Gasteiger partial charge in [-0.2, -0.15) is 0 Å². The first-order valence-corrected chi connectivity index (χ1v) is 14.6. The first-order valence-electron chi connectivity index (χ1n) is 14.6. The number of anilines is 1. The number of pyridine rings is 2. The van der Waals surface area contributed by atoms with E-state index in [2.05, 4.69) is 56.7 Å². The molecule has 4 aromatic rings. The molecule has 216 valence electrons. The number of aromatic nitrogens is 3. The molecule has 0 spiro atoms. The number of methoxy groups -OCH3 is 2. The van der Waals surface area contributed by atoms with Gasteiger partial charge in [-0.05, 0) is 60.9 Å². The van der Waals surface area contributed by atoms with Crippen molar-refractivity contribution in [2.45, 2.75) is 51.5 Å². The van der Waals surface area contributed by atoms with Gasteiger partial charge < -0.3 is 24.7 Å². The summed E-state index contributed by atoms with van der Waals surface area (Å²) in [5.41, 5.74) is 11.5. The second-order valence-electron chi connectivity index (χ2n) is 11.2. The third kappa shape index (κ3) is 6.88. The van der Waals surface area contributed by atoms with Gasteiger partial charge in [-0.15, -0.1) is 0 Å². The molecule has 1 amide bonds. The number of hydrogen-bond donors (Lipinski definition) is 1. The van der Waals surface area contributed by atoms with Gasteiger partial charge in [0.1, 0.15) is 5.82 Å². The van der Waals surface area contributed by atoms with Gasteiger partial charge in [0.15, 0.2) is 0 Å². The van der Waals surface area contributed by atoms with Crippen LogP contribution in [0.4, 0.5) is 5.82 Å². The second kappa shape index (κ2) is 13.2. The molecule has 41 heavy (non-hydrogen) atoms. The van der Waals surface area contributed by atoms with Gasteiger partial charge in [0.25, 0.3) is 0 Å². The van der Waals surface area contributed by atoms with Gasteiger partial charge >= 0.3 is 0 Å². The monoisotopic (exact) mass is 555 g/mol. The number of amides is 1. The molecule has 1 saturated heterocycles. The highest BCUT2D eigenvalue weighted by Crippen LogP contribution is 2.33. The van der Waals surface area contributed by atoms with Crippen molar-refractivity contribution in [3.8, 4) is 17.0 Å². The highest BCUT2D eigenvalue weighted by atomic mass is 16.5. The number of rotatable bonds is 11. The fraction of sp³-hybridized carbons (Fsp3) is 0.424. The first kappa shape index (κ1) is 28.6. The Morgan fingerprint density at radius 2 is 1.88 bits per heavy atom. The molecular formula is C33H41N5O3. The minimum Gasteiger partial charge on any atom is -0.481 e. The Hall–Kier alpha value is -3.91. The number of fused-ring (bicyclic) bond motifs is 1. The molecule has 1 aliphatic heterocycles. The number of nitrogen functional groups attached to an aromatic ring is 1. The van der Waals surface area contributed by atoms with Crippen molar-refractivity contribution in [1.29, 1.82) is 0 Å². The lowest BCUT2D eigenvalue weighted by molar-refractivity contribution is -0.133. The number of benzene rings is 1. The van der Waals surface area contributed by atoms with E-state index in [-0.39, 0.29) is 11.8 Å². The second-order valence-corrected chi connectivity index (χ2v) is 11.2. The Bertz CT molecular complexity index is 1450. The number of carbonyl (C=O) groups is 1. The molecule has 3 aromatic heterocycles. The van der Waals surface area contributed by atoms with Crippen LogP contribution in [0.2, 0.25) is 0 Å². The standard InChI is InChI=1S/C33H41N5O3/c1-23(16-24-7-9-25(10-8-24)26-11-12-31(34)35-20-26)17-33(39)37-13-4-6-27(22-37)29-18-28-21-36-32(41-3)19-30(28)38(29)14-5-15-40-2/h7-12,18-21,23,27H,4-6,13-17,22H2,1-3H3,(H2,34,35). The zero-order valence-electron chi connectivity index (χ0n) is 24.4. The molecule has 2 unspecified atom stereocenters. The summed E-state index contributed by atoms with van der Waals surface area (Å²) in [6, 6.07) is 16.6. The third-order valence-corrected chi connectivity index (χ3v) is 8.11. The molecule has 2 atom stereocenters. The summed E-state index contributed by atoms with van der Waals surface area (Å²) >= 11 is 0. The number of nitrogens with zero attached hydrogens (tertiary/aromatic N) is 4. The maximum Gasteiger partial charge on any atom is 0.222 e. The van der Waals surface area contributed by atoms with Crippen LogP contribution in [0.3, 0.4) is 0 Å². The lowest BCUT2D eigenvalue weighted by Gasteiger charge is -2.34. The van der Waals surface area contributed by atoms with Crippen LogP contribution >= 0.6 is 0 Å². The van der Waals surface area contributed by atoms with Gasteiger partial charge in [-0.1, -0.05) is 31.2 Å². The van der Waals surface area contributed by atoms with Gasteiger partial charge in [0, 0.05) is 80.8 Å². The topological polar surface area (TPSA) is 95.5 Å². The molecule has 8 nitrogen and oxygen atoms in total. The van der Waals surface area contributed by atoms with Crippen LogP contribution in [0.25, 0.3) is 22.0 Å². The van der Waals surface area contributed by atoms with Crippen molar-refractivity contribution in [1.82, 2.24) is 19.4 Å². The van der Waals surface area contributed by atoms with Gasteiger partial charge in [-0.25, -0.2) is 9.97 Å². The van der Waals surface area contributed by atoms with E-state index in [4.69, 9.17) is 15.2 Å². The maximum absolute atomic E-state index is 13.5. The molecule has 1 aromatic carbocycles. The van der Waals surface area contributed by atoms with Crippen molar-refractivity contribution >= 4 is 22.6 Å². The Morgan fingerprint density at radius 3 is 2.61 bits per heavy atom. The fourth-order valence-corrected chi connectivity index (χ4v) is 5.98. The van der Waals surface area contributed by atoms with Gasteiger partial charge in [0.05, 0.1) is 12.6 Å². The molecule has 0 saturated carbocycles. The average Bonchev–Trinajstić information content (AvgIpc) is 3.36.